The van der Waals surface area contributed by atoms with Crippen molar-refractivity contribution in [2.75, 3.05) is 26.2 Å². The zero-order valence-electron chi connectivity index (χ0n) is 12.1. The lowest BCUT2D eigenvalue weighted by molar-refractivity contribution is 0.262. The summed E-state index contributed by atoms with van der Waals surface area (Å²) in [5.41, 5.74) is 7.07. The second-order valence-corrected chi connectivity index (χ2v) is 5.76. The van der Waals surface area contributed by atoms with E-state index < -0.39 is 0 Å². The molecule has 0 bridgehead atoms. The van der Waals surface area contributed by atoms with E-state index in [-0.39, 0.29) is 0 Å². The van der Waals surface area contributed by atoms with Crippen LogP contribution in [0.5, 0.6) is 5.75 Å². The number of rotatable bonds is 6. The van der Waals surface area contributed by atoms with Gasteiger partial charge in [0.2, 0.25) is 0 Å². The Bertz CT molecular complexity index is 375. The van der Waals surface area contributed by atoms with Gasteiger partial charge in [0.05, 0.1) is 6.61 Å². The molecule has 0 spiro atoms. The lowest BCUT2D eigenvalue weighted by atomic mass is 10.0. The highest BCUT2D eigenvalue weighted by Crippen LogP contribution is 2.32. The first kappa shape index (κ1) is 14.4. The number of nitrogens with zero attached hydrogens (tertiary/aromatic N) is 1. The minimum atomic E-state index is 0.544. The molecule has 1 aliphatic heterocycles. The molecule has 106 valence electrons. The quantitative estimate of drug-likeness (QED) is 0.856. The molecular weight excluding hydrogens is 236 g/mol. The fourth-order valence-corrected chi connectivity index (χ4v) is 2.69. The van der Waals surface area contributed by atoms with Crippen LogP contribution >= 0.6 is 0 Å². The summed E-state index contributed by atoms with van der Waals surface area (Å²) < 4.78 is 5.73. The molecule has 3 heteroatoms. The van der Waals surface area contributed by atoms with Gasteiger partial charge in [-0.25, -0.2) is 0 Å². The third-order valence-corrected chi connectivity index (χ3v) is 3.63. The Morgan fingerprint density at radius 2 is 2.05 bits per heavy atom. The van der Waals surface area contributed by atoms with Crippen molar-refractivity contribution in [3.8, 4) is 5.75 Å². The van der Waals surface area contributed by atoms with Crippen molar-refractivity contribution < 1.29 is 4.74 Å². The van der Waals surface area contributed by atoms with Crippen molar-refractivity contribution in [1.29, 1.82) is 0 Å². The van der Waals surface area contributed by atoms with Crippen LogP contribution in [0.3, 0.4) is 0 Å². The summed E-state index contributed by atoms with van der Waals surface area (Å²) in [7, 11) is 0. The van der Waals surface area contributed by atoms with E-state index in [1.54, 1.807) is 0 Å². The highest BCUT2D eigenvalue weighted by molar-refractivity contribution is 5.29. The predicted octanol–water partition coefficient (Wildman–Crippen LogP) is 2.82. The van der Waals surface area contributed by atoms with Crippen LogP contribution in [0.25, 0.3) is 0 Å². The van der Waals surface area contributed by atoms with Crippen LogP contribution in [-0.2, 0) is 0 Å². The normalized spacial score (nSPS) is 20.1. The second kappa shape index (κ2) is 6.92. The summed E-state index contributed by atoms with van der Waals surface area (Å²) in [6.45, 7) is 8.02. The summed E-state index contributed by atoms with van der Waals surface area (Å²) in [4.78, 5) is 2.49. The van der Waals surface area contributed by atoms with Crippen LogP contribution < -0.4 is 10.5 Å². The third kappa shape index (κ3) is 3.95. The van der Waals surface area contributed by atoms with Gasteiger partial charge in [0.15, 0.2) is 0 Å². The molecule has 0 saturated carbocycles. The number of hydrogen-bond acceptors (Lipinski definition) is 3. The van der Waals surface area contributed by atoms with Crippen LogP contribution in [-0.4, -0.2) is 31.1 Å². The van der Waals surface area contributed by atoms with E-state index in [4.69, 9.17) is 10.5 Å². The fraction of sp³-hybridized carbons (Fsp3) is 0.625. The van der Waals surface area contributed by atoms with Crippen LogP contribution in [0, 0.1) is 5.92 Å². The van der Waals surface area contributed by atoms with Gasteiger partial charge >= 0.3 is 0 Å². The molecule has 1 saturated heterocycles. The molecule has 0 aliphatic carbocycles. The van der Waals surface area contributed by atoms with Crippen molar-refractivity contribution in [2.24, 2.45) is 11.7 Å². The monoisotopic (exact) mass is 262 g/mol. The topological polar surface area (TPSA) is 38.5 Å². The molecule has 1 fully saturated rings. The van der Waals surface area contributed by atoms with Gasteiger partial charge in [-0.2, -0.15) is 0 Å². The van der Waals surface area contributed by atoms with E-state index in [0.717, 1.165) is 25.4 Å². The Kier molecular flexibility index (Phi) is 5.23. The Labute approximate surface area is 116 Å². The zero-order valence-corrected chi connectivity index (χ0v) is 12.1. The summed E-state index contributed by atoms with van der Waals surface area (Å²) in [6, 6.07) is 9.14. The van der Waals surface area contributed by atoms with E-state index in [1.165, 1.54) is 24.9 Å². The summed E-state index contributed by atoms with van der Waals surface area (Å²) in [5, 5.41) is 0. The van der Waals surface area contributed by atoms with Crippen molar-refractivity contribution in [3.05, 3.63) is 29.8 Å². The molecule has 2 rings (SSSR count). The van der Waals surface area contributed by atoms with E-state index in [0.29, 0.717) is 12.0 Å². The maximum Gasteiger partial charge on any atom is 0.119 e. The standard InChI is InChI=1S/C16H26N2O/c1-13(2)12-19-15-7-5-14(6-8-15)16-4-3-10-18(16)11-9-17/h5-8,13,16H,3-4,9-12,17H2,1-2H3. The first-order valence-electron chi connectivity index (χ1n) is 7.37. The molecule has 1 unspecified atom stereocenters. The lowest BCUT2D eigenvalue weighted by Gasteiger charge is -2.24. The fourth-order valence-electron chi connectivity index (χ4n) is 2.69. The molecule has 3 nitrogen and oxygen atoms in total. The molecule has 0 aromatic heterocycles. The number of ether oxygens (including phenoxy) is 1. The van der Waals surface area contributed by atoms with Crippen LogP contribution in [0.4, 0.5) is 0 Å². The van der Waals surface area contributed by atoms with Gasteiger partial charge in [-0.3, -0.25) is 4.90 Å². The first-order valence-corrected chi connectivity index (χ1v) is 7.37. The molecule has 1 aromatic carbocycles. The molecular formula is C16H26N2O. The first-order chi connectivity index (χ1) is 9.20. The Hall–Kier alpha value is -1.06. The maximum atomic E-state index is 5.73. The van der Waals surface area contributed by atoms with E-state index in [2.05, 4.69) is 43.0 Å². The van der Waals surface area contributed by atoms with Gasteiger partial charge in [0.1, 0.15) is 5.75 Å². The average Bonchev–Trinajstić information content (AvgIpc) is 2.86. The highest BCUT2D eigenvalue weighted by Gasteiger charge is 2.24. The van der Waals surface area contributed by atoms with Gasteiger partial charge in [-0.05, 0) is 43.0 Å². The summed E-state index contributed by atoms with van der Waals surface area (Å²) in [5.74, 6) is 1.54. The molecule has 1 heterocycles. The molecule has 0 radical (unpaired) electrons. The van der Waals surface area contributed by atoms with Crippen molar-refractivity contribution in [2.45, 2.75) is 32.7 Å². The maximum absolute atomic E-state index is 5.73. The summed E-state index contributed by atoms with van der Waals surface area (Å²) in [6.07, 6.45) is 2.52. The van der Waals surface area contributed by atoms with E-state index >= 15 is 0 Å². The second-order valence-electron chi connectivity index (χ2n) is 5.76. The Morgan fingerprint density at radius 3 is 2.68 bits per heavy atom. The smallest absolute Gasteiger partial charge is 0.119 e. The van der Waals surface area contributed by atoms with Crippen molar-refractivity contribution in [1.82, 2.24) is 4.90 Å². The predicted molar refractivity (Wildman–Crippen MR) is 79.4 cm³/mol. The van der Waals surface area contributed by atoms with Crippen LogP contribution in [0.15, 0.2) is 24.3 Å². The molecule has 2 N–H and O–H groups in total. The minimum absolute atomic E-state index is 0.544. The zero-order chi connectivity index (χ0) is 13.7. The number of likely N-dealkylation sites (tertiary alicyclic amines) is 1. The highest BCUT2D eigenvalue weighted by atomic mass is 16.5. The van der Waals surface area contributed by atoms with Crippen molar-refractivity contribution >= 4 is 0 Å². The number of nitrogens with two attached hydrogens (primary N) is 1. The van der Waals surface area contributed by atoms with Gasteiger partial charge in [-0.15, -0.1) is 0 Å². The van der Waals surface area contributed by atoms with Crippen LogP contribution in [0.1, 0.15) is 38.3 Å². The van der Waals surface area contributed by atoms with Gasteiger partial charge in [0, 0.05) is 19.1 Å². The molecule has 1 atom stereocenters. The lowest BCUT2D eigenvalue weighted by Crippen LogP contribution is -2.29. The molecule has 19 heavy (non-hydrogen) atoms. The van der Waals surface area contributed by atoms with Gasteiger partial charge in [0.25, 0.3) is 0 Å². The average molecular weight is 262 g/mol. The largest absolute Gasteiger partial charge is 0.493 e. The molecule has 1 aliphatic rings. The Balaban J connectivity index is 1.97. The third-order valence-electron chi connectivity index (χ3n) is 3.63. The molecule has 0 amide bonds. The SMILES string of the molecule is CC(C)COc1ccc(C2CCCN2CCN)cc1. The van der Waals surface area contributed by atoms with E-state index in [9.17, 15) is 0 Å². The number of benzene rings is 1. The van der Waals surface area contributed by atoms with Crippen molar-refractivity contribution in [3.63, 3.8) is 0 Å². The van der Waals surface area contributed by atoms with E-state index in [1.807, 2.05) is 0 Å². The summed E-state index contributed by atoms with van der Waals surface area (Å²) >= 11 is 0. The van der Waals surface area contributed by atoms with Gasteiger partial charge < -0.3 is 10.5 Å². The number of hydrogen-bond donors (Lipinski definition) is 1. The van der Waals surface area contributed by atoms with Crippen LogP contribution in [0.2, 0.25) is 0 Å². The Morgan fingerprint density at radius 1 is 1.32 bits per heavy atom. The van der Waals surface area contributed by atoms with Gasteiger partial charge in [-0.1, -0.05) is 26.0 Å². The molecule has 1 aromatic rings. The minimum Gasteiger partial charge on any atom is -0.493 e.